The molecule has 80 valence electrons. The third kappa shape index (κ3) is 2.43. The van der Waals surface area contributed by atoms with Crippen LogP contribution in [0.2, 0.25) is 0 Å². The van der Waals surface area contributed by atoms with Crippen molar-refractivity contribution < 1.29 is 0 Å². The van der Waals surface area contributed by atoms with E-state index in [1.807, 2.05) is 0 Å². The van der Waals surface area contributed by atoms with Crippen LogP contribution >= 0.6 is 11.3 Å². The fourth-order valence-electron chi connectivity index (χ4n) is 1.50. The van der Waals surface area contributed by atoms with Gasteiger partial charge in [0.15, 0.2) is 0 Å². The van der Waals surface area contributed by atoms with Crippen molar-refractivity contribution >= 4 is 11.3 Å². The topological polar surface area (TPSA) is 53.6 Å². The van der Waals surface area contributed by atoms with Gasteiger partial charge in [0, 0.05) is 10.9 Å². The predicted octanol–water partition coefficient (Wildman–Crippen LogP) is 2.28. The molecule has 2 heterocycles. The van der Waals surface area contributed by atoms with Gasteiger partial charge in [-0.3, -0.25) is 5.10 Å². The Kier molecular flexibility index (Phi) is 3.13. The van der Waals surface area contributed by atoms with Crippen LogP contribution in [0.25, 0.3) is 0 Å². The van der Waals surface area contributed by atoms with Gasteiger partial charge < -0.3 is 5.32 Å². The molecule has 2 N–H and O–H groups in total. The zero-order valence-electron chi connectivity index (χ0n) is 8.77. The van der Waals surface area contributed by atoms with Gasteiger partial charge in [-0.25, -0.2) is 4.98 Å². The lowest BCUT2D eigenvalue weighted by molar-refractivity contribution is 0.482. The summed E-state index contributed by atoms with van der Waals surface area (Å²) < 4.78 is 0. The monoisotopic (exact) mass is 222 g/mol. The number of thiophene rings is 1. The first-order chi connectivity index (χ1) is 7.27. The van der Waals surface area contributed by atoms with Crippen molar-refractivity contribution in [3.05, 3.63) is 34.5 Å². The van der Waals surface area contributed by atoms with Gasteiger partial charge in [-0.15, -0.1) is 11.3 Å². The zero-order chi connectivity index (χ0) is 10.7. The van der Waals surface area contributed by atoms with E-state index in [-0.39, 0.29) is 6.04 Å². The number of aromatic nitrogens is 3. The third-order valence-electron chi connectivity index (χ3n) is 2.31. The predicted molar refractivity (Wildman–Crippen MR) is 60.7 cm³/mol. The minimum atomic E-state index is 0.185. The Morgan fingerprint density at radius 2 is 2.27 bits per heavy atom. The summed E-state index contributed by atoms with van der Waals surface area (Å²) in [5, 5.41) is 12.3. The second kappa shape index (κ2) is 4.55. The molecule has 0 aliphatic heterocycles. The average molecular weight is 222 g/mol. The summed E-state index contributed by atoms with van der Waals surface area (Å²) in [5.41, 5.74) is 0. The van der Waals surface area contributed by atoms with Crippen LogP contribution in [0.15, 0.2) is 23.8 Å². The van der Waals surface area contributed by atoms with Gasteiger partial charge in [0.05, 0.1) is 6.04 Å². The van der Waals surface area contributed by atoms with E-state index < -0.39 is 0 Å². The molecule has 0 saturated heterocycles. The van der Waals surface area contributed by atoms with Gasteiger partial charge in [-0.1, -0.05) is 6.07 Å². The second-order valence-electron chi connectivity index (χ2n) is 3.50. The van der Waals surface area contributed by atoms with Crippen molar-refractivity contribution in [1.29, 1.82) is 0 Å². The maximum Gasteiger partial charge on any atom is 0.141 e. The van der Waals surface area contributed by atoms with Crippen LogP contribution in [0.5, 0.6) is 0 Å². The highest BCUT2D eigenvalue weighted by Gasteiger charge is 2.13. The van der Waals surface area contributed by atoms with Crippen molar-refractivity contribution in [3.8, 4) is 0 Å². The van der Waals surface area contributed by atoms with Gasteiger partial charge >= 0.3 is 0 Å². The molecule has 0 aromatic carbocycles. The average Bonchev–Trinajstić information content (AvgIpc) is 2.91. The maximum absolute atomic E-state index is 4.12. The molecule has 0 aliphatic carbocycles. The SMILES string of the molecule is CC(NC(C)c1cccs1)c1ncn[nH]1. The highest BCUT2D eigenvalue weighted by atomic mass is 32.1. The van der Waals surface area contributed by atoms with Crippen molar-refractivity contribution in [3.63, 3.8) is 0 Å². The van der Waals surface area contributed by atoms with Crippen LogP contribution in [0.3, 0.4) is 0 Å². The first-order valence-corrected chi connectivity index (χ1v) is 5.80. The highest BCUT2D eigenvalue weighted by molar-refractivity contribution is 7.10. The Labute approximate surface area is 92.8 Å². The van der Waals surface area contributed by atoms with Crippen LogP contribution in [0.4, 0.5) is 0 Å². The maximum atomic E-state index is 4.12. The van der Waals surface area contributed by atoms with E-state index in [1.54, 1.807) is 11.3 Å². The molecule has 4 nitrogen and oxygen atoms in total. The van der Waals surface area contributed by atoms with E-state index >= 15 is 0 Å². The summed E-state index contributed by atoms with van der Waals surface area (Å²) in [6.45, 7) is 4.23. The Balaban J connectivity index is 1.98. The minimum absolute atomic E-state index is 0.185. The third-order valence-corrected chi connectivity index (χ3v) is 3.37. The molecule has 0 radical (unpaired) electrons. The molecule has 0 spiro atoms. The smallest absolute Gasteiger partial charge is 0.141 e. The summed E-state index contributed by atoms with van der Waals surface area (Å²) in [6, 6.07) is 4.72. The zero-order valence-corrected chi connectivity index (χ0v) is 9.58. The number of aromatic amines is 1. The second-order valence-corrected chi connectivity index (χ2v) is 4.48. The molecule has 2 aromatic rings. The van der Waals surface area contributed by atoms with E-state index in [4.69, 9.17) is 0 Å². The molecule has 5 heteroatoms. The number of hydrogen-bond donors (Lipinski definition) is 2. The molecule has 0 fully saturated rings. The molecule has 2 atom stereocenters. The van der Waals surface area contributed by atoms with Crippen LogP contribution in [-0.4, -0.2) is 15.2 Å². The van der Waals surface area contributed by atoms with Gasteiger partial charge in [0.1, 0.15) is 12.2 Å². The molecule has 0 aliphatic rings. The number of nitrogens with one attached hydrogen (secondary N) is 2. The highest BCUT2D eigenvalue weighted by Crippen LogP contribution is 2.21. The fraction of sp³-hybridized carbons (Fsp3) is 0.400. The standard InChI is InChI=1S/C10H14N4S/c1-7(9-4-3-5-15-9)13-8(2)10-11-6-12-14-10/h3-8,13H,1-2H3,(H,11,12,14). The summed E-state index contributed by atoms with van der Waals surface area (Å²) in [5.74, 6) is 0.874. The van der Waals surface area contributed by atoms with Gasteiger partial charge in [-0.2, -0.15) is 5.10 Å². The Morgan fingerprint density at radius 3 is 2.87 bits per heavy atom. The number of nitrogens with zero attached hydrogens (tertiary/aromatic N) is 2. The summed E-state index contributed by atoms with van der Waals surface area (Å²) in [6.07, 6.45) is 1.53. The molecule has 0 bridgehead atoms. The lowest BCUT2D eigenvalue weighted by Crippen LogP contribution is -2.22. The molecule has 15 heavy (non-hydrogen) atoms. The number of rotatable bonds is 4. The molecule has 2 aromatic heterocycles. The van der Waals surface area contributed by atoms with Gasteiger partial charge in [0.2, 0.25) is 0 Å². The molecule has 0 amide bonds. The number of hydrogen-bond acceptors (Lipinski definition) is 4. The fourth-order valence-corrected chi connectivity index (χ4v) is 2.24. The normalized spacial score (nSPS) is 15.1. The minimum Gasteiger partial charge on any atom is -0.300 e. The summed E-state index contributed by atoms with van der Waals surface area (Å²) >= 11 is 1.76. The van der Waals surface area contributed by atoms with Crippen molar-refractivity contribution in [1.82, 2.24) is 20.5 Å². The molecule has 2 unspecified atom stereocenters. The summed E-state index contributed by atoms with van der Waals surface area (Å²) in [4.78, 5) is 5.46. The lowest BCUT2D eigenvalue weighted by Gasteiger charge is -2.16. The lowest BCUT2D eigenvalue weighted by atomic mass is 10.2. The van der Waals surface area contributed by atoms with Crippen LogP contribution < -0.4 is 5.32 Å². The van der Waals surface area contributed by atoms with E-state index in [2.05, 4.69) is 51.9 Å². The van der Waals surface area contributed by atoms with Gasteiger partial charge in [-0.05, 0) is 25.3 Å². The Morgan fingerprint density at radius 1 is 1.40 bits per heavy atom. The van der Waals surface area contributed by atoms with Crippen molar-refractivity contribution in [2.75, 3.05) is 0 Å². The van der Waals surface area contributed by atoms with Crippen LogP contribution in [-0.2, 0) is 0 Å². The van der Waals surface area contributed by atoms with E-state index in [9.17, 15) is 0 Å². The molecule has 0 saturated carbocycles. The molecule has 2 rings (SSSR count). The first kappa shape index (κ1) is 10.3. The quantitative estimate of drug-likeness (QED) is 0.834. The largest absolute Gasteiger partial charge is 0.300 e. The summed E-state index contributed by atoms with van der Waals surface area (Å²) in [7, 11) is 0. The molecular weight excluding hydrogens is 208 g/mol. The number of H-pyrrole nitrogens is 1. The Hall–Kier alpha value is -1.20. The van der Waals surface area contributed by atoms with Crippen LogP contribution in [0.1, 0.15) is 36.6 Å². The van der Waals surface area contributed by atoms with E-state index in [0.717, 1.165) is 5.82 Å². The van der Waals surface area contributed by atoms with Crippen LogP contribution in [0, 0.1) is 0 Å². The van der Waals surface area contributed by atoms with Crippen molar-refractivity contribution in [2.24, 2.45) is 0 Å². The first-order valence-electron chi connectivity index (χ1n) is 4.92. The Bertz CT molecular complexity index is 343. The van der Waals surface area contributed by atoms with E-state index in [0.29, 0.717) is 6.04 Å². The van der Waals surface area contributed by atoms with Gasteiger partial charge in [0.25, 0.3) is 0 Å². The van der Waals surface area contributed by atoms with Crippen molar-refractivity contribution in [2.45, 2.75) is 25.9 Å². The van der Waals surface area contributed by atoms with E-state index in [1.165, 1.54) is 11.2 Å². The molecular formula is C10H14N4S.